The second kappa shape index (κ2) is 7.16. The highest BCUT2D eigenvalue weighted by atomic mass is 35.5. The molecule has 0 aromatic heterocycles. The van der Waals surface area contributed by atoms with Gasteiger partial charge in [-0.25, -0.2) is 0 Å². The number of halogens is 1. The molecule has 2 N–H and O–H groups in total. The molecule has 0 radical (unpaired) electrons. The number of aryl methyl sites for hydroxylation is 2. The standard InChI is InChI=1S/C17H22N2O2.ClH/c1-11-7-14-9-16(21-15(14)8-12(11)2)17(20)19-10-13-3-5-18-6-4-13;/h3,7-8,16,18H,4-6,9-10H2,1-2H3,(H,19,20);1H. The number of carbonyl (C=O) groups excluding carboxylic acids is 1. The van der Waals surface area contributed by atoms with Gasteiger partial charge in [-0.1, -0.05) is 17.7 Å². The van der Waals surface area contributed by atoms with E-state index in [-0.39, 0.29) is 24.4 Å². The van der Waals surface area contributed by atoms with Gasteiger partial charge in [0.05, 0.1) is 0 Å². The fourth-order valence-electron chi connectivity index (χ4n) is 2.80. The molecule has 3 rings (SSSR count). The minimum absolute atomic E-state index is 0. The Balaban J connectivity index is 0.00000176. The molecule has 2 aliphatic rings. The van der Waals surface area contributed by atoms with Crippen LogP contribution >= 0.6 is 12.4 Å². The lowest BCUT2D eigenvalue weighted by atomic mass is 10.0. The van der Waals surface area contributed by atoms with Crippen molar-refractivity contribution in [3.8, 4) is 5.75 Å². The molecule has 1 aromatic carbocycles. The van der Waals surface area contributed by atoms with Crippen LogP contribution in [0.1, 0.15) is 23.1 Å². The van der Waals surface area contributed by atoms with E-state index < -0.39 is 0 Å². The van der Waals surface area contributed by atoms with Gasteiger partial charge in [0.2, 0.25) is 0 Å². The largest absolute Gasteiger partial charge is 0.480 e. The molecule has 0 saturated heterocycles. The molecule has 0 bridgehead atoms. The number of nitrogens with one attached hydrogen (secondary N) is 2. The molecule has 1 unspecified atom stereocenters. The summed E-state index contributed by atoms with van der Waals surface area (Å²) in [6.45, 7) is 6.68. The minimum Gasteiger partial charge on any atom is -0.480 e. The molecular formula is C17H23ClN2O2. The van der Waals surface area contributed by atoms with Crippen LogP contribution in [0.4, 0.5) is 0 Å². The predicted octanol–water partition coefficient (Wildman–Crippen LogP) is 2.06. The van der Waals surface area contributed by atoms with Gasteiger partial charge in [0.15, 0.2) is 6.10 Å². The first-order chi connectivity index (χ1) is 10.1. The summed E-state index contributed by atoms with van der Waals surface area (Å²) in [6.07, 6.45) is 3.44. The Morgan fingerprint density at radius 2 is 2.14 bits per heavy atom. The van der Waals surface area contributed by atoms with E-state index in [4.69, 9.17) is 4.74 Å². The molecule has 5 heteroatoms. The lowest BCUT2D eigenvalue weighted by Gasteiger charge is -2.16. The molecule has 0 saturated carbocycles. The summed E-state index contributed by atoms with van der Waals surface area (Å²) in [5.74, 6) is 0.847. The van der Waals surface area contributed by atoms with E-state index in [2.05, 4.69) is 36.6 Å². The van der Waals surface area contributed by atoms with Crippen molar-refractivity contribution >= 4 is 18.3 Å². The Kier molecular flexibility index (Phi) is 5.48. The smallest absolute Gasteiger partial charge is 0.261 e. The van der Waals surface area contributed by atoms with Crippen LogP contribution in [0.15, 0.2) is 23.8 Å². The highest BCUT2D eigenvalue weighted by Crippen LogP contribution is 2.31. The predicted molar refractivity (Wildman–Crippen MR) is 89.9 cm³/mol. The van der Waals surface area contributed by atoms with Gasteiger partial charge in [-0.2, -0.15) is 0 Å². The lowest BCUT2D eigenvalue weighted by molar-refractivity contribution is -0.127. The topological polar surface area (TPSA) is 50.4 Å². The van der Waals surface area contributed by atoms with Crippen molar-refractivity contribution in [2.75, 3.05) is 19.6 Å². The molecule has 22 heavy (non-hydrogen) atoms. The Labute approximate surface area is 137 Å². The summed E-state index contributed by atoms with van der Waals surface area (Å²) in [4.78, 5) is 12.2. The van der Waals surface area contributed by atoms with Gasteiger partial charge in [0, 0.05) is 19.5 Å². The monoisotopic (exact) mass is 322 g/mol. The number of fused-ring (bicyclic) bond motifs is 1. The van der Waals surface area contributed by atoms with E-state index in [0.29, 0.717) is 13.0 Å². The molecule has 1 amide bonds. The van der Waals surface area contributed by atoms with Gasteiger partial charge < -0.3 is 15.4 Å². The summed E-state index contributed by atoms with van der Waals surface area (Å²) >= 11 is 0. The molecule has 0 fully saturated rings. The van der Waals surface area contributed by atoms with Crippen LogP contribution in [0.5, 0.6) is 5.75 Å². The molecule has 2 heterocycles. The summed E-state index contributed by atoms with van der Waals surface area (Å²) in [6, 6.07) is 4.17. The van der Waals surface area contributed by atoms with Gasteiger partial charge in [0.1, 0.15) is 5.75 Å². The van der Waals surface area contributed by atoms with Gasteiger partial charge in [-0.05, 0) is 49.6 Å². The normalized spacial score (nSPS) is 19.5. The molecule has 1 aromatic rings. The summed E-state index contributed by atoms with van der Waals surface area (Å²) < 4.78 is 5.80. The van der Waals surface area contributed by atoms with Gasteiger partial charge >= 0.3 is 0 Å². The summed E-state index contributed by atoms with van der Waals surface area (Å²) in [5, 5.41) is 6.26. The fraction of sp³-hybridized carbons (Fsp3) is 0.471. The maximum absolute atomic E-state index is 12.2. The van der Waals surface area contributed by atoms with Gasteiger partial charge in [-0.15, -0.1) is 12.4 Å². The Morgan fingerprint density at radius 3 is 2.86 bits per heavy atom. The molecule has 4 nitrogen and oxygen atoms in total. The Bertz CT molecular complexity index is 568. The van der Waals surface area contributed by atoms with E-state index >= 15 is 0 Å². The average Bonchev–Trinajstić information content (AvgIpc) is 2.89. The molecule has 1 atom stereocenters. The van der Waals surface area contributed by atoms with Crippen LogP contribution in [-0.4, -0.2) is 31.6 Å². The second-order valence-corrected chi connectivity index (χ2v) is 5.89. The highest BCUT2D eigenvalue weighted by molar-refractivity contribution is 5.85. The summed E-state index contributed by atoms with van der Waals surface area (Å²) in [5.41, 5.74) is 4.89. The second-order valence-electron chi connectivity index (χ2n) is 5.89. The number of hydrogen-bond acceptors (Lipinski definition) is 3. The maximum Gasteiger partial charge on any atom is 0.261 e. The van der Waals surface area contributed by atoms with Gasteiger partial charge in [-0.3, -0.25) is 4.79 Å². The van der Waals surface area contributed by atoms with Crippen molar-refractivity contribution in [1.29, 1.82) is 0 Å². The SMILES string of the molecule is Cc1cc2c(cc1C)OC(C(=O)NCC1=CCNCC1)C2.Cl. The van der Waals surface area contributed by atoms with E-state index in [0.717, 1.165) is 30.8 Å². The molecule has 120 valence electrons. The first-order valence-electron chi connectivity index (χ1n) is 7.56. The van der Waals surface area contributed by atoms with Crippen molar-refractivity contribution in [1.82, 2.24) is 10.6 Å². The number of amides is 1. The number of benzene rings is 1. The molecule has 0 spiro atoms. The van der Waals surface area contributed by atoms with Crippen molar-refractivity contribution < 1.29 is 9.53 Å². The van der Waals surface area contributed by atoms with Crippen molar-refractivity contribution in [3.05, 3.63) is 40.5 Å². The van der Waals surface area contributed by atoms with E-state index in [1.54, 1.807) is 0 Å². The minimum atomic E-state index is -0.386. The lowest BCUT2D eigenvalue weighted by Crippen LogP contribution is -2.39. The van der Waals surface area contributed by atoms with Crippen LogP contribution in [-0.2, 0) is 11.2 Å². The third-order valence-corrected chi connectivity index (χ3v) is 4.29. The number of rotatable bonds is 3. The quantitative estimate of drug-likeness (QED) is 0.838. The van der Waals surface area contributed by atoms with Crippen molar-refractivity contribution in [3.63, 3.8) is 0 Å². The highest BCUT2D eigenvalue weighted by Gasteiger charge is 2.29. The van der Waals surface area contributed by atoms with Crippen molar-refractivity contribution in [2.24, 2.45) is 0 Å². The van der Waals surface area contributed by atoms with Crippen LogP contribution in [0, 0.1) is 13.8 Å². The first-order valence-corrected chi connectivity index (χ1v) is 7.56. The summed E-state index contributed by atoms with van der Waals surface area (Å²) in [7, 11) is 0. The Hall–Kier alpha value is -1.52. The zero-order valence-electron chi connectivity index (χ0n) is 13.1. The van der Waals surface area contributed by atoms with Crippen LogP contribution < -0.4 is 15.4 Å². The van der Waals surface area contributed by atoms with Gasteiger partial charge in [0.25, 0.3) is 5.91 Å². The molecule has 2 aliphatic heterocycles. The van der Waals surface area contributed by atoms with E-state index in [1.807, 2.05) is 6.07 Å². The third-order valence-electron chi connectivity index (χ3n) is 4.29. The number of ether oxygens (including phenoxy) is 1. The van der Waals surface area contributed by atoms with Crippen LogP contribution in [0.3, 0.4) is 0 Å². The maximum atomic E-state index is 12.2. The average molecular weight is 323 g/mol. The third kappa shape index (κ3) is 3.62. The number of hydrogen-bond donors (Lipinski definition) is 2. The van der Waals surface area contributed by atoms with Crippen LogP contribution in [0.25, 0.3) is 0 Å². The molecule has 0 aliphatic carbocycles. The fourth-order valence-corrected chi connectivity index (χ4v) is 2.80. The van der Waals surface area contributed by atoms with Crippen molar-refractivity contribution in [2.45, 2.75) is 32.8 Å². The first kappa shape index (κ1) is 16.8. The van der Waals surface area contributed by atoms with Crippen LogP contribution in [0.2, 0.25) is 0 Å². The molecular weight excluding hydrogens is 300 g/mol. The number of carbonyl (C=O) groups is 1. The zero-order valence-corrected chi connectivity index (χ0v) is 13.9. The van der Waals surface area contributed by atoms with E-state index in [1.165, 1.54) is 16.7 Å². The van der Waals surface area contributed by atoms with E-state index in [9.17, 15) is 4.79 Å². The zero-order chi connectivity index (χ0) is 14.8. The Morgan fingerprint density at radius 1 is 1.36 bits per heavy atom.